The van der Waals surface area contributed by atoms with E-state index >= 15 is 0 Å². The van der Waals surface area contributed by atoms with Crippen LogP contribution in [-0.2, 0) is 4.79 Å². The van der Waals surface area contributed by atoms with Crippen LogP contribution in [-0.4, -0.2) is 21.8 Å². The summed E-state index contributed by atoms with van der Waals surface area (Å²) in [4.78, 5) is 10.8. The number of carboxylic acids is 1. The molecule has 0 aromatic carbocycles. The van der Waals surface area contributed by atoms with Crippen LogP contribution >= 0.6 is 0 Å². The molecule has 13 heavy (non-hydrogen) atoms. The van der Waals surface area contributed by atoms with E-state index in [2.05, 4.69) is 6.58 Å². The predicted octanol–water partition coefficient (Wildman–Crippen LogP) is 1.73. The van der Waals surface area contributed by atoms with Gasteiger partial charge in [-0.05, 0) is 25.8 Å². The van der Waals surface area contributed by atoms with Crippen LogP contribution in [0, 0.1) is 0 Å². The number of aliphatic hydroxyl groups is 1. The summed E-state index contributed by atoms with van der Waals surface area (Å²) in [6, 6.07) is 0. The maximum absolute atomic E-state index is 10.8. The minimum Gasteiger partial charge on any atom is -0.479 e. The molecule has 0 radical (unpaired) electrons. The third-order valence-corrected chi connectivity index (χ3v) is 2.05. The first-order valence-electron chi connectivity index (χ1n) is 4.16. The predicted molar refractivity (Wildman–Crippen MR) is 51.4 cm³/mol. The number of hydrogen-bond acceptors (Lipinski definition) is 2. The van der Waals surface area contributed by atoms with Gasteiger partial charge in [-0.25, -0.2) is 4.79 Å². The van der Waals surface area contributed by atoms with Crippen LogP contribution in [0.25, 0.3) is 0 Å². The zero-order valence-electron chi connectivity index (χ0n) is 8.29. The van der Waals surface area contributed by atoms with Gasteiger partial charge in [-0.2, -0.15) is 0 Å². The molecular weight excluding hydrogens is 168 g/mol. The lowest BCUT2D eigenvalue weighted by Crippen LogP contribution is -2.39. The summed E-state index contributed by atoms with van der Waals surface area (Å²) in [5, 5.41) is 18.6. The summed E-state index contributed by atoms with van der Waals surface area (Å²) < 4.78 is 0. The van der Waals surface area contributed by atoms with E-state index in [4.69, 9.17) is 5.11 Å². The van der Waals surface area contributed by atoms with E-state index in [9.17, 15) is 9.90 Å². The molecule has 1 atom stereocenters. The molecule has 0 fully saturated rings. The van der Waals surface area contributed by atoms with Gasteiger partial charge >= 0.3 is 5.97 Å². The van der Waals surface area contributed by atoms with Crippen molar-refractivity contribution in [3.8, 4) is 0 Å². The van der Waals surface area contributed by atoms with Crippen molar-refractivity contribution >= 4 is 5.97 Å². The van der Waals surface area contributed by atoms with Crippen molar-refractivity contribution in [1.29, 1.82) is 0 Å². The first kappa shape index (κ1) is 11.9. The summed E-state index contributed by atoms with van der Waals surface area (Å²) in [6.45, 7) is 8.62. The number of hydrogen-bond donors (Lipinski definition) is 2. The number of carboxylic acid groups (broad SMARTS) is 1. The van der Waals surface area contributed by atoms with Crippen LogP contribution in [0.5, 0.6) is 0 Å². The van der Waals surface area contributed by atoms with Crippen molar-refractivity contribution < 1.29 is 15.0 Å². The third kappa shape index (κ3) is 2.18. The van der Waals surface area contributed by atoms with Crippen molar-refractivity contribution in [2.45, 2.75) is 32.8 Å². The van der Waals surface area contributed by atoms with Gasteiger partial charge in [0.1, 0.15) is 0 Å². The summed E-state index contributed by atoms with van der Waals surface area (Å²) in [5.74, 6) is -1.23. The van der Waals surface area contributed by atoms with Gasteiger partial charge in [0.2, 0.25) is 0 Å². The molecule has 1 unspecified atom stereocenters. The minimum absolute atomic E-state index is 0.134. The molecule has 0 saturated carbocycles. The molecule has 0 spiro atoms. The Kier molecular flexibility index (Phi) is 3.88. The second-order valence-electron chi connectivity index (χ2n) is 3.14. The summed E-state index contributed by atoms with van der Waals surface area (Å²) in [5.41, 5.74) is -0.648. The fourth-order valence-corrected chi connectivity index (χ4v) is 1.24. The second kappa shape index (κ2) is 4.23. The number of allylic oxidation sites excluding steroid dienone is 1. The van der Waals surface area contributed by atoms with Gasteiger partial charge in [0.05, 0.1) is 0 Å². The molecule has 0 saturated heterocycles. The van der Waals surface area contributed by atoms with E-state index in [-0.39, 0.29) is 6.42 Å². The minimum atomic E-state index is -1.79. The Hall–Kier alpha value is -1.09. The van der Waals surface area contributed by atoms with E-state index in [0.717, 1.165) is 5.57 Å². The van der Waals surface area contributed by atoms with Gasteiger partial charge in [-0.3, -0.25) is 0 Å². The van der Waals surface area contributed by atoms with Crippen molar-refractivity contribution in [3.63, 3.8) is 0 Å². The summed E-state index contributed by atoms with van der Waals surface area (Å²) in [7, 11) is 0. The number of carbonyl (C=O) groups is 1. The molecule has 0 rings (SSSR count). The van der Waals surface area contributed by atoms with E-state index in [1.165, 1.54) is 6.08 Å². The van der Waals surface area contributed by atoms with Crippen LogP contribution in [0.3, 0.4) is 0 Å². The Labute approximate surface area is 78.4 Å². The Bertz CT molecular complexity index is 249. The lowest BCUT2D eigenvalue weighted by Gasteiger charge is -2.24. The average molecular weight is 184 g/mol. The largest absolute Gasteiger partial charge is 0.479 e. The lowest BCUT2D eigenvalue weighted by atomic mass is 9.88. The molecule has 0 aliphatic rings. The van der Waals surface area contributed by atoms with E-state index in [1.54, 1.807) is 20.8 Å². The van der Waals surface area contributed by atoms with Gasteiger partial charge < -0.3 is 10.2 Å². The maximum Gasteiger partial charge on any atom is 0.340 e. The zero-order chi connectivity index (χ0) is 10.6. The molecule has 0 aromatic rings. The van der Waals surface area contributed by atoms with Gasteiger partial charge in [-0.1, -0.05) is 25.2 Å². The van der Waals surface area contributed by atoms with E-state index in [1.807, 2.05) is 0 Å². The van der Waals surface area contributed by atoms with Crippen LogP contribution in [0.2, 0.25) is 0 Å². The molecule has 3 heteroatoms. The maximum atomic E-state index is 10.8. The van der Waals surface area contributed by atoms with Gasteiger partial charge in [-0.15, -0.1) is 0 Å². The van der Waals surface area contributed by atoms with Crippen molar-refractivity contribution in [2.24, 2.45) is 0 Å². The zero-order valence-corrected chi connectivity index (χ0v) is 8.29. The Balaban J connectivity index is 5.30. The molecule has 0 bridgehead atoms. The summed E-state index contributed by atoms with van der Waals surface area (Å²) >= 11 is 0. The number of aliphatic carboxylic acids is 1. The summed E-state index contributed by atoms with van der Waals surface area (Å²) in [6.07, 6.45) is 1.53. The van der Waals surface area contributed by atoms with Gasteiger partial charge in [0, 0.05) is 0 Å². The molecule has 0 aliphatic heterocycles. The molecular formula is C10H16O3. The average Bonchev–Trinajstić information content (AvgIpc) is 2.04. The Morgan fingerprint density at radius 2 is 2.00 bits per heavy atom. The highest BCUT2D eigenvalue weighted by molar-refractivity contribution is 5.82. The monoisotopic (exact) mass is 184 g/mol. The first-order valence-corrected chi connectivity index (χ1v) is 4.16. The highest BCUT2D eigenvalue weighted by Gasteiger charge is 2.37. The normalized spacial score (nSPS) is 14.5. The van der Waals surface area contributed by atoms with Gasteiger partial charge in [0.25, 0.3) is 0 Å². The standard InChI is InChI=1S/C10H16O3/c1-5-8(7(3)4)10(13,6-2)9(11)12/h5,13H,1,6H2,2-4H3,(H,11,12). The molecule has 3 nitrogen and oxygen atoms in total. The Morgan fingerprint density at radius 3 is 2.08 bits per heavy atom. The molecule has 0 aliphatic carbocycles. The van der Waals surface area contributed by atoms with Crippen molar-refractivity contribution in [3.05, 3.63) is 23.8 Å². The van der Waals surface area contributed by atoms with E-state index < -0.39 is 11.6 Å². The van der Waals surface area contributed by atoms with Crippen LogP contribution in [0.15, 0.2) is 23.8 Å². The van der Waals surface area contributed by atoms with E-state index in [0.29, 0.717) is 5.57 Å². The van der Waals surface area contributed by atoms with Gasteiger partial charge in [0.15, 0.2) is 5.60 Å². The Morgan fingerprint density at radius 1 is 1.54 bits per heavy atom. The molecule has 0 heterocycles. The topological polar surface area (TPSA) is 57.5 Å². The van der Waals surface area contributed by atoms with Crippen LogP contribution in [0.4, 0.5) is 0 Å². The fourth-order valence-electron chi connectivity index (χ4n) is 1.24. The lowest BCUT2D eigenvalue weighted by molar-refractivity contribution is -0.154. The highest BCUT2D eigenvalue weighted by Crippen LogP contribution is 2.25. The fraction of sp³-hybridized carbons (Fsp3) is 0.500. The first-order chi connectivity index (χ1) is 5.90. The SMILES string of the molecule is C=CC(=C(C)C)C(O)(CC)C(=O)O. The van der Waals surface area contributed by atoms with Crippen molar-refractivity contribution in [2.75, 3.05) is 0 Å². The smallest absolute Gasteiger partial charge is 0.340 e. The molecule has 0 amide bonds. The van der Waals surface area contributed by atoms with Crippen molar-refractivity contribution in [1.82, 2.24) is 0 Å². The molecule has 74 valence electrons. The number of rotatable bonds is 4. The van der Waals surface area contributed by atoms with Crippen LogP contribution in [0.1, 0.15) is 27.2 Å². The molecule has 0 aromatic heterocycles. The second-order valence-corrected chi connectivity index (χ2v) is 3.14. The third-order valence-electron chi connectivity index (χ3n) is 2.05. The molecule has 2 N–H and O–H groups in total. The quantitative estimate of drug-likeness (QED) is 0.654. The highest BCUT2D eigenvalue weighted by atomic mass is 16.4. The van der Waals surface area contributed by atoms with Crippen LogP contribution < -0.4 is 0 Å².